The van der Waals surface area contributed by atoms with E-state index in [-0.39, 0.29) is 39.4 Å². The van der Waals surface area contributed by atoms with Gasteiger partial charge in [0.1, 0.15) is 0 Å². The molecule has 10 heavy (non-hydrogen) atoms. The molecule has 1 rings (SSSR count). The molecule has 0 spiro atoms. The van der Waals surface area contributed by atoms with Crippen molar-refractivity contribution in [3.8, 4) is 0 Å². The fourth-order valence-electron chi connectivity index (χ4n) is 0.774. The summed E-state index contributed by atoms with van der Waals surface area (Å²) >= 11 is 0. The van der Waals surface area contributed by atoms with Gasteiger partial charge in [0.2, 0.25) is 0 Å². The number of hydrogen-bond acceptors (Lipinski definition) is 1. The van der Waals surface area contributed by atoms with Gasteiger partial charge in [-0.2, -0.15) is 0 Å². The fraction of sp³-hybridized carbons (Fsp3) is 0.500. The van der Waals surface area contributed by atoms with Crippen molar-refractivity contribution in [2.75, 3.05) is 0 Å². The molecule has 1 nitrogen and oxygen atoms in total. The van der Waals surface area contributed by atoms with E-state index in [0.29, 0.717) is 0 Å². The minimum absolute atomic E-state index is 0. The first-order valence-corrected chi connectivity index (χ1v) is 2.84. The smallest absolute Gasteiger partial charge is 0.0728 e. The van der Waals surface area contributed by atoms with E-state index in [0.717, 1.165) is 12.0 Å². The van der Waals surface area contributed by atoms with Crippen molar-refractivity contribution in [1.29, 1.82) is 0 Å². The van der Waals surface area contributed by atoms with Gasteiger partial charge in [0.25, 0.3) is 0 Å². The van der Waals surface area contributed by atoms with Gasteiger partial charge in [0.15, 0.2) is 0 Å². The quantitative estimate of drug-likeness (QED) is 0.734. The molecule has 0 fully saturated rings. The van der Waals surface area contributed by atoms with Crippen molar-refractivity contribution < 1.29 is 30.9 Å². The van der Waals surface area contributed by atoms with Crippen LogP contribution >= 0.6 is 0 Å². The zero-order valence-corrected chi connectivity index (χ0v) is 9.06. The third kappa shape index (κ3) is 3.47. The van der Waals surface area contributed by atoms with Crippen LogP contribution in [-0.4, -0.2) is 11.2 Å². The normalized spacial score (nSPS) is 16.8. The van der Waals surface area contributed by atoms with Crippen LogP contribution in [0, 0.1) is 0 Å². The predicted octanol–water partition coefficient (Wildman–Crippen LogP) is 1.89. The molecule has 1 aliphatic carbocycles. The summed E-state index contributed by atoms with van der Waals surface area (Å²) in [5, 5.41) is 8.94. The fourth-order valence-corrected chi connectivity index (χ4v) is 0.774. The van der Waals surface area contributed by atoms with Crippen LogP contribution in [0.2, 0.25) is 0 Å². The van der Waals surface area contributed by atoms with Gasteiger partial charge in [-0.1, -0.05) is 25.7 Å². The summed E-state index contributed by atoms with van der Waals surface area (Å²) < 4.78 is 0. The van der Waals surface area contributed by atoms with E-state index in [9.17, 15) is 0 Å². The van der Waals surface area contributed by atoms with Crippen LogP contribution in [-0.2, 0) is 25.8 Å². The Morgan fingerprint density at radius 3 is 2.40 bits per heavy atom. The van der Waals surface area contributed by atoms with Crippen LogP contribution in [0.5, 0.6) is 0 Å². The number of allylic oxidation sites excluding steroid dienone is 3. The Balaban J connectivity index is 0. The molecule has 0 aliphatic heterocycles. The maximum atomic E-state index is 8.94. The summed E-state index contributed by atoms with van der Waals surface area (Å²) in [7, 11) is 0. The Hall–Kier alpha value is 0.310. The first kappa shape index (κ1) is 12.9. The van der Waals surface area contributed by atoms with E-state index in [1.807, 2.05) is 18.2 Å². The van der Waals surface area contributed by atoms with Crippen LogP contribution in [0.3, 0.4) is 0 Å². The summed E-state index contributed by atoms with van der Waals surface area (Å²) in [6, 6.07) is 0. The molecular formula is C8H14HfO. The van der Waals surface area contributed by atoms with Crippen molar-refractivity contribution >= 4 is 0 Å². The largest absolute Gasteiger partial charge is 0.389 e. The first-order chi connectivity index (χ1) is 3.80. The third-order valence-electron chi connectivity index (χ3n) is 1.34. The molecule has 0 aromatic carbocycles. The van der Waals surface area contributed by atoms with Gasteiger partial charge in [-0.05, 0) is 18.9 Å². The summed E-state index contributed by atoms with van der Waals surface area (Å²) in [5.74, 6) is 0. The van der Waals surface area contributed by atoms with Crippen molar-refractivity contribution in [3.05, 3.63) is 23.8 Å². The average Bonchev–Trinajstić information content (AvgIpc) is 2.12. The zero-order chi connectivity index (χ0) is 5.98. The first-order valence-electron chi connectivity index (χ1n) is 2.84. The number of aliphatic hydroxyl groups is 1. The number of rotatable bonds is 1. The topological polar surface area (TPSA) is 20.2 Å². The Labute approximate surface area is 81.6 Å². The van der Waals surface area contributed by atoms with E-state index in [2.05, 4.69) is 0 Å². The molecule has 2 heteroatoms. The summed E-state index contributed by atoms with van der Waals surface area (Å²) in [6.45, 7) is 1.79. The second-order valence-electron chi connectivity index (χ2n) is 2.05. The molecule has 0 radical (unpaired) electrons. The molecule has 56 valence electrons. The van der Waals surface area contributed by atoms with Crippen molar-refractivity contribution in [1.82, 2.24) is 0 Å². The molecule has 0 aromatic rings. The number of aliphatic hydroxyl groups excluding tert-OH is 1. The Kier molecular flexibility index (Phi) is 7.83. The maximum Gasteiger partial charge on any atom is 0.0728 e. The van der Waals surface area contributed by atoms with Crippen LogP contribution in [0.25, 0.3) is 0 Å². The van der Waals surface area contributed by atoms with Gasteiger partial charge in [0.05, 0.1) is 6.10 Å². The molecular weight excluding hydrogens is 291 g/mol. The number of hydrogen-bond donors (Lipinski definition) is 1. The van der Waals surface area contributed by atoms with Gasteiger partial charge in [-0.3, -0.25) is 0 Å². The molecule has 0 bridgehead atoms. The third-order valence-corrected chi connectivity index (χ3v) is 1.34. The van der Waals surface area contributed by atoms with Gasteiger partial charge in [0, 0.05) is 25.8 Å². The Bertz CT molecular complexity index is 136. The van der Waals surface area contributed by atoms with Crippen LogP contribution < -0.4 is 0 Å². The zero-order valence-electron chi connectivity index (χ0n) is 5.46. The Morgan fingerprint density at radius 2 is 2.20 bits per heavy atom. The standard InChI is InChI=1S/C7H10O.CH4.Hf/c1-6(8)7-4-2-3-5-7;;/h2-4,6,8H,5H2,1H3;1H4;. The van der Waals surface area contributed by atoms with E-state index >= 15 is 0 Å². The molecule has 1 aliphatic rings. The second kappa shape index (κ2) is 6.05. The SMILES string of the molecule is C.CC(O)C1=CC=CC1.[Hf]. The molecule has 1 unspecified atom stereocenters. The van der Waals surface area contributed by atoms with Crippen LogP contribution in [0.1, 0.15) is 20.8 Å². The monoisotopic (exact) mass is 306 g/mol. The van der Waals surface area contributed by atoms with E-state index in [1.54, 1.807) is 6.92 Å². The van der Waals surface area contributed by atoms with E-state index in [1.165, 1.54) is 0 Å². The molecule has 0 heterocycles. The minimum Gasteiger partial charge on any atom is -0.389 e. The molecule has 1 N–H and O–H groups in total. The van der Waals surface area contributed by atoms with Crippen molar-refractivity contribution in [2.24, 2.45) is 0 Å². The average molecular weight is 305 g/mol. The molecule has 0 amide bonds. The van der Waals surface area contributed by atoms with Crippen LogP contribution in [0.4, 0.5) is 0 Å². The summed E-state index contributed by atoms with van der Waals surface area (Å²) in [6.07, 6.45) is 6.65. The van der Waals surface area contributed by atoms with Gasteiger partial charge in [-0.15, -0.1) is 0 Å². The van der Waals surface area contributed by atoms with Gasteiger partial charge < -0.3 is 5.11 Å². The molecule has 0 saturated heterocycles. The van der Waals surface area contributed by atoms with Crippen LogP contribution in [0.15, 0.2) is 23.8 Å². The summed E-state index contributed by atoms with van der Waals surface area (Å²) in [4.78, 5) is 0. The molecule has 1 atom stereocenters. The van der Waals surface area contributed by atoms with Crippen molar-refractivity contribution in [3.63, 3.8) is 0 Å². The predicted molar refractivity (Wildman–Crippen MR) is 40.3 cm³/mol. The molecule has 0 aromatic heterocycles. The maximum absolute atomic E-state index is 8.94. The van der Waals surface area contributed by atoms with E-state index < -0.39 is 0 Å². The minimum atomic E-state index is -0.259. The van der Waals surface area contributed by atoms with Crippen molar-refractivity contribution in [2.45, 2.75) is 26.9 Å². The van der Waals surface area contributed by atoms with Gasteiger partial charge in [-0.25, -0.2) is 0 Å². The summed E-state index contributed by atoms with van der Waals surface area (Å²) in [5.41, 5.74) is 1.12. The molecule has 0 saturated carbocycles. The Morgan fingerprint density at radius 1 is 1.60 bits per heavy atom. The van der Waals surface area contributed by atoms with Gasteiger partial charge >= 0.3 is 0 Å². The van der Waals surface area contributed by atoms with E-state index in [4.69, 9.17) is 5.11 Å². The second-order valence-corrected chi connectivity index (χ2v) is 2.05.